The van der Waals surface area contributed by atoms with Crippen molar-refractivity contribution in [3.63, 3.8) is 0 Å². The van der Waals surface area contributed by atoms with Crippen LogP contribution in [-0.2, 0) is 5.41 Å². The van der Waals surface area contributed by atoms with Crippen molar-refractivity contribution >= 4 is 35.1 Å². The fourth-order valence-electron chi connectivity index (χ4n) is 2.34. The first-order chi connectivity index (χ1) is 12.2. The Kier molecular flexibility index (Phi) is 5.03. The van der Waals surface area contributed by atoms with Crippen LogP contribution in [0.3, 0.4) is 0 Å². The molecule has 1 heterocycles. The zero-order valence-electron chi connectivity index (χ0n) is 14.5. The lowest BCUT2D eigenvalue weighted by atomic mass is 9.87. The molecule has 3 rings (SSSR count). The van der Waals surface area contributed by atoms with Crippen molar-refractivity contribution in [3.05, 3.63) is 63.6 Å². The van der Waals surface area contributed by atoms with Gasteiger partial charge in [-0.25, -0.2) is 0 Å². The number of nitrogens with zero attached hydrogens (tertiary/aromatic N) is 2. The van der Waals surface area contributed by atoms with Crippen LogP contribution in [0.2, 0.25) is 10.0 Å². The van der Waals surface area contributed by atoms with Gasteiger partial charge in [0, 0.05) is 10.6 Å². The summed E-state index contributed by atoms with van der Waals surface area (Å²) in [5, 5.41) is 11.2. The SMILES string of the molecule is CC(C)(C)c1ccc(C(=O)Nc2nnc(-c3ccc(Cl)cc3Cl)o2)cc1. The van der Waals surface area contributed by atoms with Crippen molar-refractivity contribution < 1.29 is 9.21 Å². The van der Waals surface area contributed by atoms with Crippen LogP contribution in [0.5, 0.6) is 0 Å². The van der Waals surface area contributed by atoms with Crippen molar-refractivity contribution in [2.24, 2.45) is 0 Å². The monoisotopic (exact) mass is 389 g/mol. The van der Waals surface area contributed by atoms with Crippen LogP contribution >= 0.6 is 23.2 Å². The van der Waals surface area contributed by atoms with E-state index in [1.165, 1.54) is 0 Å². The second-order valence-corrected chi connectivity index (χ2v) is 7.66. The zero-order valence-corrected chi connectivity index (χ0v) is 16.0. The lowest BCUT2D eigenvalue weighted by Gasteiger charge is -2.18. The molecule has 1 aromatic heterocycles. The molecule has 1 amide bonds. The molecule has 1 N–H and O–H groups in total. The number of amides is 1. The zero-order chi connectivity index (χ0) is 18.9. The normalized spacial score (nSPS) is 11.4. The molecule has 0 saturated carbocycles. The van der Waals surface area contributed by atoms with Gasteiger partial charge in [-0.3, -0.25) is 10.1 Å². The molecule has 5 nitrogen and oxygen atoms in total. The number of nitrogens with one attached hydrogen (secondary N) is 1. The lowest BCUT2D eigenvalue weighted by Crippen LogP contribution is -2.14. The van der Waals surface area contributed by atoms with E-state index in [0.29, 0.717) is 21.2 Å². The van der Waals surface area contributed by atoms with E-state index in [0.717, 1.165) is 5.56 Å². The average Bonchev–Trinajstić information content (AvgIpc) is 3.02. The van der Waals surface area contributed by atoms with E-state index in [1.807, 2.05) is 12.1 Å². The third-order valence-electron chi connectivity index (χ3n) is 3.82. The van der Waals surface area contributed by atoms with Crippen LogP contribution in [0.1, 0.15) is 36.7 Å². The molecular weight excluding hydrogens is 373 g/mol. The van der Waals surface area contributed by atoms with Gasteiger partial charge in [0.2, 0.25) is 0 Å². The minimum atomic E-state index is -0.331. The van der Waals surface area contributed by atoms with E-state index in [9.17, 15) is 4.79 Å². The third-order valence-corrected chi connectivity index (χ3v) is 4.37. The summed E-state index contributed by atoms with van der Waals surface area (Å²) in [6.07, 6.45) is 0. The molecule has 0 atom stereocenters. The summed E-state index contributed by atoms with van der Waals surface area (Å²) in [6.45, 7) is 6.35. The number of carbonyl (C=O) groups excluding carboxylic acids is 1. The van der Waals surface area contributed by atoms with Crippen molar-refractivity contribution in [2.75, 3.05) is 5.32 Å². The quantitative estimate of drug-likeness (QED) is 0.633. The molecule has 26 heavy (non-hydrogen) atoms. The van der Waals surface area contributed by atoms with Crippen LogP contribution in [0.15, 0.2) is 46.9 Å². The fourth-order valence-corrected chi connectivity index (χ4v) is 2.83. The highest BCUT2D eigenvalue weighted by atomic mass is 35.5. The average molecular weight is 390 g/mol. The summed E-state index contributed by atoms with van der Waals surface area (Å²) in [4.78, 5) is 12.4. The Morgan fingerprint density at radius 1 is 1.04 bits per heavy atom. The Bertz CT molecular complexity index is 944. The molecule has 7 heteroatoms. The van der Waals surface area contributed by atoms with Gasteiger partial charge in [0.1, 0.15) is 0 Å². The van der Waals surface area contributed by atoms with Gasteiger partial charge in [-0.1, -0.05) is 61.2 Å². The van der Waals surface area contributed by atoms with Crippen LogP contribution < -0.4 is 5.32 Å². The van der Waals surface area contributed by atoms with E-state index in [1.54, 1.807) is 30.3 Å². The van der Waals surface area contributed by atoms with Crippen LogP contribution in [0.4, 0.5) is 6.01 Å². The van der Waals surface area contributed by atoms with Gasteiger partial charge in [0.15, 0.2) is 0 Å². The van der Waals surface area contributed by atoms with E-state index in [2.05, 4.69) is 36.3 Å². The molecule has 0 spiro atoms. The van der Waals surface area contributed by atoms with Gasteiger partial charge in [-0.2, -0.15) is 0 Å². The minimum absolute atomic E-state index is 0.00378. The van der Waals surface area contributed by atoms with Gasteiger partial charge in [-0.05, 0) is 41.3 Å². The predicted molar refractivity (Wildman–Crippen MR) is 103 cm³/mol. The molecule has 0 fully saturated rings. The number of hydrogen-bond acceptors (Lipinski definition) is 4. The second-order valence-electron chi connectivity index (χ2n) is 6.82. The molecule has 0 unspecified atom stereocenters. The predicted octanol–water partition coefficient (Wildman–Crippen LogP) is 5.59. The summed E-state index contributed by atoms with van der Waals surface area (Å²) in [5.74, 6) is -0.132. The number of benzene rings is 2. The van der Waals surface area contributed by atoms with Crippen molar-refractivity contribution in [1.29, 1.82) is 0 Å². The Balaban J connectivity index is 1.75. The number of hydrogen-bond donors (Lipinski definition) is 1. The van der Waals surface area contributed by atoms with Gasteiger partial charge in [0.25, 0.3) is 11.8 Å². The van der Waals surface area contributed by atoms with E-state index < -0.39 is 0 Å². The van der Waals surface area contributed by atoms with Crippen molar-refractivity contribution in [3.8, 4) is 11.5 Å². The molecule has 134 valence electrons. The largest absolute Gasteiger partial charge is 0.403 e. The maximum Gasteiger partial charge on any atom is 0.322 e. The van der Waals surface area contributed by atoms with E-state index in [-0.39, 0.29) is 23.2 Å². The molecule has 0 saturated heterocycles. The number of carbonyl (C=O) groups is 1. The van der Waals surface area contributed by atoms with Crippen LogP contribution in [0, 0.1) is 0 Å². The summed E-state index contributed by atoms with van der Waals surface area (Å²) in [5.41, 5.74) is 2.21. The maximum atomic E-state index is 12.4. The highest BCUT2D eigenvalue weighted by Gasteiger charge is 2.17. The number of halogens is 2. The van der Waals surface area contributed by atoms with Crippen LogP contribution in [0.25, 0.3) is 11.5 Å². The molecule has 0 aliphatic carbocycles. The fraction of sp³-hybridized carbons (Fsp3) is 0.211. The first-order valence-electron chi connectivity index (χ1n) is 7.95. The molecule has 0 aliphatic rings. The lowest BCUT2D eigenvalue weighted by molar-refractivity contribution is 0.102. The summed E-state index contributed by atoms with van der Waals surface area (Å²) in [7, 11) is 0. The molecule has 2 aromatic carbocycles. The van der Waals surface area contributed by atoms with Crippen LogP contribution in [-0.4, -0.2) is 16.1 Å². The maximum absolute atomic E-state index is 12.4. The highest BCUT2D eigenvalue weighted by Crippen LogP contribution is 2.30. The Morgan fingerprint density at radius 3 is 2.35 bits per heavy atom. The van der Waals surface area contributed by atoms with Gasteiger partial charge in [0.05, 0.1) is 10.6 Å². The molecule has 0 aliphatic heterocycles. The van der Waals surface area contributed by atoms with E-state index >= 15 is 0 Å². The summed E-state index contributed by atoms with van der Waals surface area (Å²) >= 11 is 12.0. The van der Waals surface area contributed by atoms with E-state index in [4.69, 9.17) is 27.6 Å². The number of rotatable bonds is 3. The summed E-state index contributed by atoms with van der Waals surface area (Å²) < 4.78 is 5.48. The smallest absolute Gasteiger partial charge is 0.322 e. The Labute approximate surface area is 161 Å². The van der Waals surface area contributed by atoms with Gasteiger partial charge >= 0.3 is 6.01 Å². The second kappa shape index (κ2) is 7.09. The Morgan fingerprint density at radius 2 is 1.73 bits per heavy atom. The Hall–Kier alpha value is -2.37. The topological polar surface area (TPSA) is 68.0 Å². The number of aromatic nitrogens is 2. The number of anilines is 1. The summed E-state index contributed by atoms with van der Waals surface area (Å²) in [6, 6.07) is 12.3. The van der Waals surface area contributed by atoms with Gasteiger partial charge < -0.3 is 4.42 Å². The highest BCUT2D eigenvalue weighted by molar-refractivity contribution is 6.36. The minimum Gasteiger partial charge on any atom is -0.403 e. The van der Waals surface area contributed by atoms with Crippen molar-refractivity contribution in [2.45, 2.75) is 26.2 Å². The molecule has 0 bridgehead atoms. The molecule has 0 radical (unpaired) electrons. The molecular formula is C19H17Cl2N3O2. The standard InChI is InChI=1S/C19H17Cl2N3O2/c1-19(2,3)12-6-4-11(5-7-12)16(25)22-18-24-23-17(26-18)14-9-8-13(20)10-15(14)21/h4-10H,1-3H3,(H,22,24,25). The third kappa shape index (κ3) is 4.06. The first-order valence-corrected chi connectivity index (χ1v) is 8.70. The molecule has 3 aromatic rings. The van der Waals surface area contributed by atoms with Crippen molar-refractivity contribution in [1.82, 2.24) is 10.2 Å². The first kappa shape index (κ1) is 18.4. The van der Waals surface area contributed by atoms with Gasteiger partial charge in [-0.15, -0.1) is 5.10 Å².